The van der Waals surface area contributed by atoms with Crippen LogP contribution in [0.15, 0.2) is 66.8 Å². The number of amides is 2. The second-order valence-electron chi connectivity index (χ2n) is 10.1. The molecule has 4 heterocycles. The zero-order chi connectivity index (χ0) is 25.6. The molecule has 2 aromatic carbocycles. The molecule has 0 aromatic heterocycles. The predicted octanol–water partition coefficient (Wildman–Crippen LogP) is 3.32. The first kappa shape index (κ1) is 24.2. The third kappa shape index (κ3) is 3.89. The molecule has 2 saturated heterocycles. The van der Waals surface area contributed by atoms with E-state index in [1.807, 2.05) is 66.8 Å². The van der Waals surface area contributed by atoms with Crippen LogP contribution in [0.3, 0.4) is 0 Å². The zero-order valence-corrected chi connectivity index (χ0v) is 21.3. The summed E-state index contributed by atoms with van der Waals surface area (Å²) < 4.78 is 4.67. The maximum absolute atomic E-state index is 14.4. The molecule has 1 spiro atoms. The summed E-state index contributed by atoms with van der Waals surface area (Å²) in [4.78, 5) is 45.0. The number of aliphatic hydroxyl groups excluding tert-OH is 1. The Morgan fingerprint density at radius 1 is 1.03 bits per heavy atom. The van der Waals surface area contributed by atoms with Gasteiger partial charge in [-0.2, -0.15) is 0 Å². The van der Waals surface area contributed by atoms with Gasteiger partial charge in [-0.3, -0.25) is 14.4 Å². The first-order valence-electron chi connectivity index (χ1n) is 13.0. The van der Waals surface area contributed by atoms with Gasteiger partial charge in [-0.1, -0.05) is 54.6 Å². The van der Waals surface area contributed by atoms with Gasteiger partial charge in [0.2, 0.25) is 5.91 Å². The van der Waals surface area contributed by atoms with E-state index in [1.54, 1.807) is 21.6 Å². The number of esters is 1. The van der Waals surface area contributed by atoms with Gasteiger partial charge in [-0.25, -0.2) is 0 Å². The number of fused-ring (bicyclic) bond motifs is 3. The fourth-order valence-corrected chi connectivity index (χ4v) is 8.32. The number of unbranched alkanes of at least 4 members (excludes halogenated alkanes) is 1. The number of nitrogens with zero attached hydrogens (tertiary/aromatic N) is 2. The van der Waals surface area contributed by atoms with Crippen LogP contribution in [0, 0.1) is 11.8 Å². The number of cyclic esters (lactones) is 1. The molecular weight excluding hydrogens is 488 g/mol. The Labute approximate surface area is 220 Å². The Bertz CT molecular complexity index is 1310. The number of hydrogen-bond donors (Lipinski definition) is 1. The molecule has 0 radical (unpaired) electrons. The van der Waals surface area contributed by atoms with Crippen molar-refractivity contribution in [2.24, 2.45) is 11.8 Å². The number of likely N-dealkylation sites (tertiary alicyclic amines) is 1. The zero-order valence-electron chi connectivity index (χ0n) is 20.5. The molecule has 5 atom stereocenters. The summed E-state index contributed by atoms with van der Waals surface area (Å²) in [5, 5.41) is 11.3. The minimum Gasteiger partial charge on any atom is -0.465 e. The maximum Gasteiger partial charge on any atom is 0.311 e. The molecule has 37 heavy (non-hydrogen) atoms. The molecule has 8 heteroatoms. The van der Waals surface area contributed by atoms with Crippen LogP contribution in [0.4, 0.5) is 5.69 Å². The van der Waals surface area contributed by atoms with Crippen LogP contribution in [-0.4, -0.2) is 70.1 Å². The van der Waals surface area contributed by atoms with Crippen LogP contribution in [0.25, 0.3) is 10.8 Å². The van der Waals surface area contributed by atoms with Gasteiger partial charge >= 0.3 is 5.97 Å². The first-order valence-corrected chi connectivity index (χ1v) is 13.8. The molecule has 0 bridgehead atoms. The largest absolute Gasteiger partial charge is 0.465 e. The smallest absolute Gasteiger partial charge is 0.311 e. The molecule has 7 nitrogen and oxygen atoms in total. The van der Waals surface area contributed by atoms with Crippen molar-refractivity contribution in [3.63, 3.8) is 0 Å². The average Bonchev–Trinajstić information content (AvgIpc) is 3.27. The monoisotopic (exact) mass is 518 g/mol. The van der Waals surface area contributed by atoms with E-state index in [4.69, 9.17) is 4.74 Å². The first-order chi connectivity index (χ1) is 18.0. The molecule has 0 aliphatic carbocycles. The van der Waals surface area contributed by atoms with Crippen molar-refractivity contribution in [2.75, 3.05) is 31.2 Å². The van der Waals surface area contributed by atoms with Crippen molar-refractivity contribution in [3.8, 4) is 0 Å². The van der Waals surface area contributed by atoms with E-state index >= 15 is 0 Å². The summed E-state index contributed by atoms with van der Waals surface area (Å²) in [6.07, 6.45) is 9.79. The highest BCUT2D eigenvalue weighted by Crippen LogP contribution is 2.61. The van der Waals surface area contributed by atoms with E-state index in [2.05, 4.69) is 0 Å². The van der Waals surface area contributed by atoms with E-state index in [9.17, 15) is 19.5 Å². The lowest BCUT2D eigenvalue weighted by molar-refractivity contribution is -0.153. The fraction of sp³-hybridized carbons (Fsp3) is 0.414. The number of ether oxygens (including phenoxy) is 1. The Balaban J connectivity index is 1.43. The predicted molar refractivity (Wildman–Crippen MR) is 143 cm³/mol. The Hall–Kier alpha value is -3.10. The summed E-state index contributed by atoms with van der Waals surface area (Å²) in [7, 11) is 0. The maximum atomic E-state index is 14.4. The van der Waals surface area contributed by atoms with Crippen molar-refractivity contribution in [1.29, 1.82) is 0 Å². The topological polar surface area (TPSA) is 87.2 Å². The highest BCUT2D eigenvalue weighted by molar-refractivity contribution is 8.02. The van der Waals surface area contributed by atoms with Gasteiger partial charge in [0.15, 0.2) is 0 Å². The van der Waals surface area contributed by atoms with E-state index < -0.39 is 22.6 Å². The summed E-state index contributed by atoms with van der Waals surface area (Å²) in [5.74, 6) is -1.98. The molecule has 2 aromatic rings. The van der Waals surface area contributed by atoms with E-state index in [1.165, 1.54) is 0 Å². The van der Waals surface area contributed by atoms with Crippen LogP contribution in [0.5, 0.6) is 0 Å². The SMILES string of the molecule is O=C1OCCC=C[C@H]2S[C@]34C=CCN(c5ccc6ccccc6c5)C(=O)C3N(CCCCO)C(=O)[C@@H]4[C@@H]12. The Morgan fingerprint density at radius 3 is 2.70 bits per heavy atom. The second-order valence-corrected chi connectivity index (χ2v) is 11.6. The lowest BCUT2D eigenvalue weighted by Crippen LogP contribution is -2.53. The number of benzene rings is 2. The number of carbonyl (C=O) groups excluding carboxylic acids is 3. The lowest BCUT2D eigenvalue weighted by Gasteiger charge is -2.35. The quantitative estimate of drug-likeness (QED) is 0.371. The summed E-state index contributed by atoms with van der Waals surface area (Å²) in [6, 6.07) is 13.3. The molecule has 4 aliphatic heterocycles. The third-order valence-electron chi connectivity index (χ3n) is 7.97. The molecule has 6 rings (SSSR count). The molecule has 2 amide bonds. The fourth-order valence-electron chi connectivity index (χ4n) is 6.32. The van der Waals surface area contributed by atoms with Gasteiger partial charge in [0.05, 0.1) is 23.2 Å². The average molecular weight is 519 g/mol. The number of aliphatic hydroxyl groups is 1. The van der Waals surface area contributed by atoms with E-state index in [0.29, 0.717) is 39.0 Å². The number of anilines is 1. The summed E-state index contributed by atoms with van der Waals surface area (Å²) >= 11 is 1.55. The lowest BCUT2D eigenvalue weighted by atomic mass is 9.78. The summed E-state index contributed by atoms with van der Waals surface area (Å²) in [6.45, 7) is 1.06. The van der Waals surface area contributed by atoms with Crippen LogP contribution in [0.1, 0.15) is 19.3 Å². The van der Waals surface area contributed by atoms with Crippen LogP contribution < -0.4 is 4.90 Å². The standard InChI is InChI=1S/C29H30N2O5S/c32-16-5-4-14-31-25-27(34)30(21-12-11-19-8-1-2-9-20(19)18-21)15-7-13-29(25)24(26(31)33)23-22(37-29)10-3-6-17-36-28(23)35/h1-3,7-13,18,22-25,32H,4-6,14-17H2/t22-,23+,24+,25?,29+/m1/s1. The van der Waals surface area contributed by atoms with E-state index in [-0.39, 0.29) is 29.6 Å². The van der Waals surface area contributed by atoms with Gasteiger partial charge < -0.3 is 19.6 Å². The van der Waals surface area contributed by atoms with E-state index in [0.717, 1.165) is 16.5 Å². The second kappa shape index (κ2) is 9.65. The van der Waals surface area contributed by atoms with Crippen molar-refractivity contribution in [2.45, 2.75) is 35.3 Å². The number of carbonyl (C=O) groups is 3. The molecule has 192 valence electrons. The molecule has 2 fully saturated rings. The van der Waals surface area contributed by atoms with Gasteiger partial charge in [-0.15, -0.1) is 11.8 Å². The minimum atomic E-state index is -0.859. The van der Waals surface area contributed by atoms with Gasteiger partial charge in [0.1, 0.15) is 6.04 Å². The van der Waals surface area contributed by atoms with Crippen molar-refractivity contribution >= 4 is 46.0 Å². The van der Waals surface area contributed by atoms with Gasteiger partial charge in [0, 0.05) is 30.6 Å². The van der Waals surface area contributed by atoms with Gasteiger partial charge in [0.25, 0.3) is 5.91 Å². The number of thioether (sulfide) groups is 1. The normalized spacial score (nSPS) is 31.0. The van der Waals surface area contributed by atoms with Gasteiger partial charge in [-0.05, 0) is 42.2 Å². The Kier molecular flexibility index (Phi) is 6.32. The third-order valence-corrected chi connectivity index (χ3v) is 9.72. The number of hydrogen-bond acceptors (Lipinski definition) is 6. The van der Waals surface area contributed by atoms with Crippen molar-refractivity contribution in [3.05, 3.63) is 66.8 Å². The molecule has 4 aliphatic rings. The van der Waals surface area contributed by atoms with Crippen LogP contribution in [0.2, 0.25) is 0 Å². The molecule has 0 saturated carbocycles. The van der Waals surface area contributed by atoms with Crippen LogP contribution >= 0.6 is 11.8 Å². The van der Waals surface area contributed by atoms with Crippen molar-refractivity contribution < 1.29 is 24.2 Å². The number of rotatable bonds is 5. The molecule has 1 N–H and O–H groups in total. The van der Waals surface area contributed by atoms with Crippen molar-refractivity contribution in [1.82, 2.24) is 4.90 Å². The molecular formula is C29H30N2O5S. The summed E-state index contributed by atoms with van der Waals surface area (Å²) in [5.41, 5.74) is 0.782. The molecule has 1 unspecified atom stereocenters. The minimum absolute atomic E-state index is 0.0227. The Morgan fingerprint density at radius 2 is 1.86 bits per heavy atom. The van der Waals surface area contributed by atoms with Crippen LogP contribution in [-0.2, 0) is 19.1 Å². The highest BCUT2D eigenvalue weighted by atomic mass is 32.2. The highest BCUT2D eigenvalue weighted by Gasteiger charge is 2.70.